The molecule has 12 nitrogen and oxygen atoms in total. The summed E-state index contributed by atoms with van der Waals surface area (Å²) >= 11 is 0. The molecule has 0 saturated carbocycles. The second-order valence-electron chi connectivity index (χ2n) is 7.23. The minimum atomic E-state index is -1.08. The van der Waals surface area contributed by atoms with Gasteiger partial charge in [-0.15, -0.1) is 0 Å². The number of ether oxygens (including phenoxy) is 7. The Bertz CT molecular complexity index is 843. The highest BCUT2D eigenvalue weighted by atomic mass is 16.7. The molecule has 0 aliphatic carbocycles. The van der Waals surface area contributed by atoms with Crippen LogP contribution in [-0.2, 0) is 34.9 Å². The Balaban J connectivity index is 2.84. The average Bonchev–Trinajstić information content (AvgIpc) is 2.81. The number of benzene rings is 1. The quantitative estimate of drug-likeness (QED) is 0.239. The van der Waals surface area contributed by atoms with Crippen LogP contribution in [0.5, 0.6) is 11.5 Å². The SMILES string of the molecule is CCCOC(=O)Oc1ccc(C[C@H](N)C(=O)O[C@@H](C)COC(=O)OCC)cc1OC(=O)OCCC. The van der Waals surface area contributed by atoms with Crippen LogP contribution in [-0.4, -0.2) is 63.0 Å². The highest BCUT2D eigenvalue weighted by Gasteiger charge is 2.22. The van der Waals surface area contributed by atoms with Crippen LogP contribution < -0.4 is 15.2 Å². The fourth-order valence-electron chi connectivity index (χ4n) is 2.45. The Morgan fingerprint density at radius 1 is 0.829 bits per heavy atom. The molecule has 2 N–H and O–H groups in total. The minimum absolute atomic E-state index is 0.00517. The van der Waals surface area contributed by atoms with Gasteiger partial charge in [-0.2, -0.15) is 0 Å². The van der Waals surface area contributed by atoms with Crippen molar-refractivity contribution >= 4 is 24.4 Å². The van der Waals surface area contributed by atoms with Gasteiger partial charge < -0.3 is 38.9 Å². The van der Waals surface area contributed by atoms with E-state index in [1.54, 1.807) is 6.92 Å². The Labute approximate surface area is 203 Å². The topological polar surface area (TPSA) is 159 Å². The summed E-state index contributed by atoms with van der Waals surface area (Å²) in [6.45, 7) is 7.05. The first-order valence-electron chi connectivity index (χ1n) is 11.3. The van der Waals surface area contributed by atoms with Crippen LogP contribution in [0.4, 0.5) is 14.4 Å². The number of nitrogens with two attached hydrogens (primary N) is 1. The van der Waals surface area contributed by atoms with Crippen LogP contribution >= 0.6 is 0 Å². The van der Waals surface area contributed by atoms with Gasteiger partial charge in [0.1, 0.15) is 18.8 Å². The van der Waals surface area contributed by atoms with Crippen molar-refractivity contribution in [1.82, 2.24) is 0 Å². The monoisotopic (exact) mass is 499 g/mol. The molecule has 0 radical (unpaired) electrons. The lowest BCUT2D eigenvalue weighted by molar-refractivity contribution is -0.152. The van der Waals surface area contributed by atoms with Gasteiger partial charge in [0.25, 0.3) is 0 Å². The summed E-state index contributed by atoms with van der Waals surface area (Å²) in [6.07, 6.45) is -2.39. The number of carbonyl (C=O) groups is 4. The van der Waals surface area contributed by atoms with Gasteiger partial charge >= 0.3 is 24.4 Å². The Morgan fingerprint density at radius 3 is 2.00 bits per heavy atom. The maximum absolute atomic E-state index is 12.3. The second-order valence-corrected chi connectivity index (χ2v) is 7.23. The van der Waals surface area contributed by atoms with Crippen molar-refractivity contribution in [2.45, 2.75) is 59.1 Å². The van der Waals surface area contributed by atoms with Crippen molar-refractivity contribution in [1.29, 1.82) is 0 Å². The molecule has 0 aliphatic heterocycles. The Hall–Kier alpha value is -3.54. The van der Waals surface area contributed by atoms with Gasteiger partial charge in [-0.25, -0.2) is 14.4 Å². The third-order valence-corrected chi connectivity index (χ3v) is 4.02. The molecule has 0 heterocycles. The van der Waals surface area contributed by atoms with E-state index >= 15 is 0 Å². The molecule has 1 aromatic carbocycles. The molecule has 1 aromatic rings. The fraction of sp³-hybridized carbons (Fsp3) is 0.565. The van der Waals surface area contributed by atoms with E-state index in [0.717, 1.165) is 0 Å². The standard InChI is InChI=1S/C23H33NO11/c1-5-10-30-22(27)34-18-9-8-16(13-19(18)35-23(28)31-11-6-2)12-17(24)20(25)33-15(4)14-32-21(26)29-7-3/h8-9,13,15,17H,5-7,10-12,14,24H2,1-4H3/t15-,17-/m0/s1. The van der Waals surface area contributed by atoms with E-state index < -0.39 is 36.6 Å². The van der Waals surface area contributed by atoms with Gasteiger partial charge in [-0.3, -0.25) is 4.79 Å². The molecule has 0 amide bonds. The van der Waals surface area contributed by atoms with E-state index in [2.05, 4.69) is 4.74 Å². The van der Waals surface area contributed by atoms with Gasteiger partial charge in [0.2, 0.25) is 0 Å². The summed E-state index contributed by atoms with van der Waals surface area (Å²) in [5, 5.41) is 0. The van der Waals surface area contributed by atoms with Crippen LogP contribution in [0.25, 0.3) is 0 Å². The second kappa shape index (κ2) is 16.1. The van der Waals surface area contributed by atoms with Gasteiger partial charge in [0.05, 0.1) is 19.8 Å². The molecule has 0 bridgehead atoms. The van der Waals surface area contributed by atoms with Crippen LogP contribution in [0.15, 0.2) is 18.2 Å². The van der Waals surface area contributed by atoms with Crippen molar-refractivity contribution in [3.63, 3.8) is 0 Å². The molecule has 2 atom stereocenters. The maximum Gasteiger partial charge on any atom is 0.513 e. The summed E-state index contributed by atoms with van der Waals surface area (Å²) in [6, 6.07) is 3.21. The van der Waals surface area contributed by atoms with Gasteiger partial charge in [-0.05, 0) is 50.8 Å². The lowest BCUT2D eigenvalue weighted by Crippen LogP contribution is -2.37. The summed E-state index contributed by atoms with van der Waals surface area (Å²) in [5.41, 5.74) is 6.43. The van der Waals surface area contributed by atoms with Crippen molar-refractivity contribution in [3.05, 3.63) is 23.8 Å². The molecule has 35 heavy (non-hydrogen) atoms. The lowest BCUT2D eigenvalue weighted by Gasteiger charge is -2.17. The third kappa shape index (κ3) is 11.9. The van der Waals surface area contributed by atoms with E-state index in [1.165, 1.54) is 25.1 Å². The molecule has 1 rings (SSSR count). The molecule has 0 fully saturated rings. The van der Waals surface area contributed by atoms with Gasteiger partial charge in [0, 0.05) is 0 Å². The molecular weight excluding hydrogens is 466 g/mol. The average molecular weight is 500 g/mol. The number of hydrogen-bond donors (Lipinski definition) is 1. The maximum atomic E-state index is 12.3. The lowest BCUT2D eigenvalue weighted by atomic mass is 10.1. The third-order valence-electron chi connectivity index (χ3n) is 4.02. The minimum Gasteiger partial charge on any atom is -0.458 e. The summed E-state index contributed by atoms with van der Waals surface area (Å²) < 4.78 is 34.7. The fourth-order valence-corrected chi connectivity index (χ4v) is 2.45. The predicted octanol–water partition coefficient (Wildman–Crippen LogP) is 3.51. The van der Waals surface area contributed by atoms with Crippen LogP contribution in [0, 0.1) is 0 Å². The van der Waals surface area contributed by atoms with Gasteiger partial charge in [0.15, 0.2) is 11.5 Å². The summed E-state index contributed by atoms with van der Waals surface area (Å²) in [5.74, 6) is -0.934. The van der Waals surface area contributed by atoms with Crippen molar-refractivity contribution in [2.75, 3.05) is 26.4 Å². The van der Waals surface area contributed by atoms with Crippen molar-refractivity contribution < 1.29 is 52.3 Å². The van der Waals surface area contributed by atoms with E-state index in [1.807, 2.05) is 13.8 Å². The molecule has 0 unspecified atom stereocenters. The van der Waals surface area contributed by atoms with E-state index in [4.69, 9.17) is 34.2 Å². The molecule has 0 saturated heterocycles. The number of rotatable bonds is 13. The smallest absolute Gasteiger partial charge is 0.458 e. The van der Waals surface area contributed by atoms with E-state index in [0.29, 0.717) is 18.4 Å². The Kier molecular flexibility index (Phi) is 13.6. The van der Waals surface area contributed by atoms with Crippen molar-refractivity contribution in [2.24, 2.45) is 5.73 Å². The Morgan fingerprint density at radius 2 is 1.43 bits per heavy atom. The molecular formula is C23H33NO11. The first-order valence-corrected chi connectivity index (χ1v) is 11.3. The number of esters is 1. The first-order chi connectivity index (χ1) is 16.7. The van der Waals surface area contributed by atoms with Crippen molar-refractivity contribution in [3.8, 4) is 11.5 Å². The normalized spacial score (nSPS) is 12.0. The molecule has 0 aliphatic rings. The van der Waals surface area contributed by atoms with Crippen LogP contribution in [0.3, 0.4) is 0 Å². The predicted molar refractivity (Wildman–Crippen MR) is 121 cm³/mol. The van der Waals surface area contributed by atoms with E-state index in [-0.39, 0.29) is 44.3 Å². The van der Waals surface area contributed by atoms with E-state index in [9.17, 15) is 19.2 Å². The summed E-state index contributed by atoms with van der Waals surface area (Å²) in [7, 11) is 0. The molecule has 0 spiro atoms. The zero-order chi connectivity index (χ0) is 26.2. The molecule has 0 aromatic heterocycles. The summed E-state index contributed by atoms with van der Waals surface area (Å²) in [4.78, 5) is 47.3. The first kappa shape index (κ1) is 29.5. The zero-order valence-electron chi connectivity index (χ0n) is 20.4. The zero-order valence-corrected chi connectivity index (χ0v) is 20.4. The highest BCUT2D eigenvalue weighted by molar-refractivity contribution is 5.76. The van der Waals surface area contributed by atoms with Gasteiger partial charge in [-0.1, -0.05) is 19.9 Å². The van der Waals surface area contributed by atoms with Crippen LogP contribution in [0.1, 0.15) is 46.1 Å². The van der Waals surface area contributed by atoms with Crippen LogP contribution in [0.2, 0.25) is 0 Å². The largest absolute Gasteiger partial charge is 0.513 e. The number of hydrogen-bond acceptors (Lipinski definition) is 12. The number of carbonyl (C=O) groups excluding carboxylic acids is 4. The highest BCUT2D eigenvalue weighted by Crippen LogP contribution is 2.30. The molecule has 196 valence electrons. The molecule has 12 heteroatoms.